The number of carbonyl (C=O) groups excluding carboxylic acids is 1. The molecule has 1 unspecified atom stereocenters. The van der Waals surface area contributed by atoms with Crippen molar-refractivity contribution in [2.24, 2.45) is 13.0 Å². The van der Waals surface area contributed by atoms with Crippen LogP contribution >= 0.6 is 0 Å². The molecule has 0 aliphatic rings. The van der Waals surface area contributed by atoms with Crippen LogP contribution in [-0.4, -0.2) is 20.7 Å². The molecule has 1 aromatic heterocycles. The van der Waals surface area contributed by atoms with E-state index in [0.717, 1.165) is 17.0 Å². The fourth-order valence-electron chi connectivity index (χ4n) is 2.89. The van der Waals surface area contributed by atoms with Crippen molar-refractivity contribution >= 4 is 5.91 Å². The summed E-state index contributed by atoms with van der Waals surface area (Å²) < 4.78 is 1.70. The number of aromatic nitrogens is 3. The fourth-order valence-corrected chi connectivity index (χ4v) is 2.89. The summed E-state index contributed by atoms with van der Waals surface area (Å²) in [7, 11) is 1.84. The van der Waals surface area contributed by atoms with Crippen molar-refractivity contribution in [1.82, 2.24) is 20.1 Å². The van der Waals surface area contributed by atoms with E-state index in [1.807, 2.05) is 61.6 Å². The van der Waals surface area contributed by atoms with E-state index in [2.05, 4.69) is 29.2 Å². The van der Waals surface area contributed by atoms with Crippen LogP contribution in [0.5, 0.6) is 0 Å². The van der Waals surface area contributed by atoms with Crippen LogP contribution in [-0.2, 0) is 7.05 Å². The number of amides is 1. The molecule has 0 fully saturated rings. The molecule has 0 spiro atoms. The molecule has 0 aliphatic carbocycles. The Balaban J connectivity index is 1.92. The third-order valence-corrected chi connectivity index (χ3v) is 4.23. The van der Waals surface area contributed by atoms with Crippen LogP contribution in [0.1, 0.15) is 36.1 Å². The van der Waals surface area contributed by atoms with Crippen LogP contribution in [0.3, 0.4) is 0 Å². The monoisotopic (exact) mass is 334 g/mol. The summed E-state index contributed by atoms with van der Waals surface area (Å²) in [4.78, 5) is 17.3. The maximum Gasteiger partial charge on any atom is 0.252 e. The molecule has 25 heavy (non-hydrogen) atoms. The molecule has 0 aliphatic heterocycles. The minimum Gasteiger partial charge on any atom is -0.342 e. The maximum absolute atomic E-state index is 13.0. The molecule has 1 amide bonds. The Kier molecular flexibility index (Phi) is 4.93. The van der Waals surface area contributed by atoms with E-state index >= 15 is 0 Å². The second-order valence-electron chi connectivity index (χ2n) is 6.35. The van der Waals surface area contributed by atoms with Gasteiger partial charge >= 0.3 is 0 Å². The smallest absolute Gasteiger partial charge is 0.252 e. The van der Waals surface area contributed by atoms with Gasteiger partial charge in [0, 0.05) is 12.6 Å². The second-order valence-corrected chi connectivity index (χ2v) is 6.35. The van der Waals surface area contributed by atoms with E-state index in [-0.39, 0.29) is 17.9 Å². The molecule has 1 heterocycles. The number of aryl methyl sites for hydroxylation is 1. The van der Waals surface area contributed by atoms with Crippen LogP contribution in [0.15, 0.2) is 60.9 Å². The van der Waals surface area contributed by atoms with Gasteiger partial charge in [0.2, 0.25) is 0 Å². The molecular formula is C20H22N4O. The Morgan fingerprint density at radius 1 is 1.04 bits per heavy atom. The highest BCUT2D eigenvalue weighted by atomic mass is 16.1. The van der Waals surface area contributed by atoms with E-state index in [1.165, 1.54) is 6.33 Å². The fraction of sp³-hybridized carbons (Fsp3) is 0.250. The average Bonchev–Trinajstić information content (AvgIpc) is 3.05. The van der Waals surface area contributed by atoms with Crippen LogP contribution < -0.4 is 5.32 Å². The summed E-state index contributed by atoms with van der Waals surface area (Å²) in [5.41, 5.74) is 2.59. The number of rotatable bonds is 5. The van der Waals surface area contributed by atoms with Gasteiger partial charge in [0.1, 0.15) is 12.2 Å². The van der Waals surface area contributed by atoms with Crippen molar-refractivity contribution in [2.75, 3.05) is 0 Å². The molecule has 0 saturated heterocycles. The zero-order valence-corrected chi connectivity index (χ0v) is 14.7. The molecule has 0 bridgehead atoms. The number of nitrogens with zero attached hydrogens (tertiary/aromatic N) is 3. The number of hydrogen-bond donors (Lipinski definition) is 1. The Morgan fingerprint density at radius 3 is 2.36 bits per heavy atom. The second kappa shape index (κ2) is 7.30. The predicted molar refractivity (Wildman–Crippen MR) is 97.9 cm³/mol. The van der Waals surface area contributed by atoms with Crippen molar-refractivity contribution in [3.8, 4) is 11.1 Å². The van der Waals surface area contributed by atoms with Crippen molar-refractivity contribution in [3.63, 3.8) is 0 Å². The first-order chi connectivity index (χ1) is 12.1. The number of hydrogen-bond acceptors (Lipinski definition) is 3. The largest absolute Gasteiger partial charge is 0.342 e. The molecular weight excluding hydrogens is 312 g/mol. The van der Waals surface area contributed by atoms with Gasteiger partial charge in [0.05, 0.1) is 6.04 Å². The summed E-state index contributed by atoms with van der Waals surface area (Å²) >= 11 is 0. The predicted octanol–water partition coefficient (Wildman–Crippen LogP) is 3.61. The van der Waals surface area contributed by atoms with E-state index in [9.17, 15) is 4.79 Å². The molecule has 3 rings (SSSR count). The van der Waals surface area contributed by atoms with Gasteiger partial charge in [-0.15, -0.1) is 0 Å². The first-order valence-electron chi connectivity index (χ1n) is 8.37. The van der Waals surface area contributed by atoms with Gasteiger partial charge in [-0.25, -0.2) is 4.98 Å². The quantitative estimate of drug-likeness (QED) is 0.775. The molecule has 3 aromatic rings. The molecule has 5 nitrogen and oxygen atoms in total. The molecule has 2 aromatic carbocycles. The van der Waals surface area contributed by atoms with Gasteiger partial charge in [-0.3, -0.25) is 9.48 Å². The number of nitrogens with one attached hydrogen (secondary N) is 1. The summed E-state index contributed by atoms with van der Waals surface area (Å²) in [5, 5.41) is 7.24. The topological polar surface area (TPSA) is 59.8 Å². The summed E-state index contributed by atoms with van der Waals surface area (Å²) in [6.45, 7) is 4.12. The van der Waals surface area contributed by atoms with E-state index in [4.69, 9.17) is 0 Å². The van der Waals surface area contributed by atoms with Crippen molar-refractivity contribution < 1.29 is 4.79 Å². The van der Waals surface area contributed by atoms with Crippen LogP contribution in [0.25, 0.3) is 11.1 Å². The van der Waals surface area contributed by atoms with Gasteiger partial charge in [-0.05, 0) is 23.1 Å². The van der Waals surface area contributed by atoms with E-state index in [0.29, 0.717) is 5.56 Å². The third-order valence-electron chi connectivity index (χ3n) is 4.23. The molecule has 1 atom stereocenters. The van der Waals surface area contributed by atoms with E-state index in [1.54, 1.807) is 4.68 Å². The molecule has 5 heteroatoms. The lowest BCUT2D eigenvalue weighted by Crippen LogP contribution is -2.33. The summed E-state index contributed by atoms with van der Waals surface area (Å²) in [6, 6.07) is 17.4. The van der Waals surface area contributed by atoms with Crippen LogP contribution in [0.4, 0.5) is 0 Å². The summed E-state index contributed by atoms with van der Waals surface area (Å²) in [6.07, 6.45) is 1.51. The molecule has 0 saturated carbocycles. The minimum absolute atomic E-state index is 0.110. The Morgan fingerprint density at radius 2 is 1.72 bits per heavy atom. The number of carbonyl (C=O) groups is 1. The maximum atomic E-state index is 13.0. The zero-order chi connectivity index (χ0) is 17.8. The lowest BCUT2D eigenvalue weighted by Gasteiger charge is -2.22. The minimum atomic E-state index is -0.205. The lowest BCUT2D eigenvalue weighted by molar-refractivity contribution is 0.0922. The third kappa shape index (κ3) is 3.60. The zero-order valence-electron chi connectivity index (χ0n) is 14.7. The van der Waals surface area contributed by atoms with Crippen molar-refractivity contribution in [1.29, 1.82) is 0 Å². The van der Waals surface area contributed by atoms with Gasteiger partial charge in [-0.2, -0.15) is 5.10 Å². The van der Waals surface area contributed by atoms with Crippen molar-refractivity contribution in [3.05, 3.63) is 72.3 Å². The Hall–Kier alpha value is -2.95. The molecule has 1 N–H and O–H groups in total. The van der Waals surface area contributed by atoms with Crippen LogP contribution in [0, 0.1) is 5.92 Å². The summed E-state index contributed by atoms with van der Waals surface area (Å²) in [5.74, 6) is 0.831. The van der Waals surface area contributed by atoms with Gasteiger partial charge in [0.15, 0.2) is 0 Å². The van der Waals surface area contributed by atoms with Gasteiger partial charge < -0.3 is 5.32 Å². The normalized spacial score (nSPS) is 12.2. The van der Waals surface area contributed by atoms with Gasteiger partial charge in [0.25, 0.3) is 5.91 Å². The molecule has 128 valence electrons. The Bertz CT molecular complexity index is 855. The highest BCUT2D eigenvalue weighted by Gasteiger charge is 2.24. The molecule has 0 radical (unpaired) electrons. The van der Waals surface area contributed by atoms with Gasteiger partial charge in [-0.1, -0.05) is 62.4 Å². The first kappa shape index (κ1) is 16.9. The highest BCUT2D eigenvalue weighted by Crippen LogP contribution is 2.25. The standard InChI is InChI=1S/C20H22N4O/c1-14(2)18(19-21-13-22-24(19)3)23-20(25)17-12-8-7-11-16(17)15-9-5-4-6-10-15/h4-14,18H,1-3H3,(H,23,25). The average molecular weight is 334 g/mol. The van der Waals surface area contributed by atoms with Crippen LogP contribution in [0.2, 0.25) is 0 Å². The Labute approximate surface area is 147 Å². The number of benzene rings is 2. The highest BCUT2D eigenvalue weighted by molar-refractivity contribution is 6.01. The lowest BCUT2D eigenvalue weighted by atomic mass is 9.98. The van der Waals surface area contributed by atoms with Crippen molar-refractivity contribution in [2.45, 2.75) is 19.9 Å². The first-order valence-corrected chi connectivity index (χ1v) is 8.37. The van der Waals surface area contributed by atoms with E-state index < -0.39 is 0 Å². The SMILES string of the molecule is CC(C)C(NC(=O)c1ccccc1-c1ccccc1)c1ncnn1C.